The van der Waals surface area contributed by atoms with Crippen LogP contribution < -0.4 is 0 Å². The topological polar surface area (TPSA) is 46.6 Å². The predicted molar refractivity (Wildman–Crippen MR) is 69.5 cm³/mol. The van der Waals surface area contributed by atoms with E-state index in [4.69, 9.17) is 0 Å². The summed E-state index contributed by atoms with van der Waals surface area (Å²) in [6.45, 7) is 0.618. The van der Waals surface area contributed by atoms with Crippen molar-refractivity contribution in [3.63, 3.8) is 0 Å². The van der Waals surface area contributed by atoms with Gasteiger partial charge in [-0.2, -0.15) is 0 Å². The highest BCUT2D eigenvalue weighted by Crippen LogP contribution is 2.21. The van der Waals surface area contributed by atoms with E-state index in [1.54, 1.807) is 4.90 Å². The van der Waals surface area contributed by atoms with Crippen LogP contribution in [-0.4, -0.2) is 36.5 Å². The number of hydrogen-bond donors (Lipinski definition) is 1. The molecule has 1 amide bonds. The number of rotatable bonds is 3. The van der Waals surface area contributed by atoms with Gasteiger partial charge in [0.25, 0.3) is 0 Å². The van der Waals surface area contributed by atoms with Crippen LogP contribution in [0.15, 0.2) is 29.2 Å². The standard InChI is InChI=1S/C13H15NO3S/c1-17-13(16)10-6-7-14(10)12(15)8-9-4-2-3-5-11(9)18/h2-5,10,18H,6-8H2,1H3. The van der Waals surface area contributed by atoms with Crippen LogP contribution in [0, 0.1) is 0 Å². The number of thiol groups is 1. The molecule has 1 heterocycles. The summed E-state index contributed by atoms with van der Waals surface area (Å²) in [5.41, 5.74) is 0.876. The molecule has 1 aliphatic heterocycles. The van der Waals surface area contributed by atoms with E-state index in [0.29, 0.717) is 13.0 Å². The fourth-order valence-corrected chi connectivity index (χ4v) is 2.23. The molecule has 0 aliphatic carbocycles. The maximum absolute atomic E-state index is 12.1. The summed E-state index contributed by atoms with van der Waals surface area (Å²) in [5.74, 6) is -0.396. The number of likely N-dealkylation sites (tertiary alicyclic amines) is 1. The van der Waals surface area contributed by atoms with Crippen molar-refractivity contribution in [1.29, 1.82) is 0 Å². The van der Waals surface area contributed by atoms with Crippen LogP contribution in [0.3, 0.4) is 0 Å². The summed E-state index contributed by atoms with van der Waals surface area (Å²) in [6.07, 6.45) is 0.952. The smallest absolute Gasteiger partial charge is 0.328 e. The Bertz CT molecular complexity index is 475. The van der Waals surface area contributed by atoms with Crippen LogP contribution >= 0.6 is 12.6 Å². The number of esters is 1. The molecular formula is C13H15NO3S. The molecule has 0 radical (unpaired) electrons. The highest BCUT2D eigenvalue weighted by Gasteiger charge is 2.38. The number of amides is 1. The van der Waals surface area contributed by atoms with E-state index in [1.165, 1.54) is 7.11 Å². The van der Waals surface area contributed by atoms with Crippen LogP contribution in [-0.2, 0) is 20.7 Å². The fraction of sp³-hybridized carbons (Fsp3) is 0.385. The van der Waals surface area contributed by atoms with Crippen LogP contribution in [0.25, 0.3) is 0 Å². The number of benzene rings is 1. The quantitative estimate of drug-likeness (QED) is 0.662. The summed E-state index contributed by atoms with van der Waals surface area (Å²) in [7, 11) is 1.34. The molecule has 0 aromatic heterocycles. The number of hydrogen-bond acceptors (Lipinski definition) is 4. The van der Waals surface area contributed by atoms with Gasteiger partial charge in [-0.05, 0) is 18.1 Å². The Hall–Kier alpha value is -1.49. The van der Waals surface area contributed by atoms with E-state index in [9.17, 15) is 9.59 Å². The van der Waals surface area contributed by atoms with E-state index < -0.39 is 6.04 Å². The zero-order valence-corrected chi connectivity index (χ0v) is 11.0. The van der Waals surface area contributed by atoms with E-state index >= 15 is 0 Å². The van der Waals surface area contributed by atoms with Gasteiger partial charge in [-0.1, -0.05) is 18.2 Å². The van der Waals surface area contributed by atoms with Gasteiger partial charge in [0, 0.05) is 11.4 Å². The van der Waals surface area contributed by atoms with Gasteiger partial charge in [0.1, 0.15) is 6.04 Å². The molecule has 0 spiro atoms. The highest BCUT2D eigenvalue weighted by molar-refractivity contribution is 7.80. The van der Waals surface area contributed by atoms with Crippen molar-refractivity contribution in [2.24, 2.45) is 0 Å². The molecule has 0 saturated carbocycles. The molecule has 1 aromatic rings. The Labute approximate surface area is 111 Å². The molecule has 2 rings (SSSR count). The molecule has 4 nitrogen and oxygen atoms in total. The normalized spacial score (nSPS) is 18.1. The molecule has 1 saturated heterocycles. The SMILES string of the molecule is COC(=O)C1CCN1C(=O)Cc1ccccc1S. The van der Waals surface area contributed by atoms with Gasteiger partial charge in [0.15, 0.2) is 0 Å². The van der Waals surface area contributed by atoms with E-state index in [1.807, 2.05) is 24.3 Å². The Morgan fingerprint density at radius 3 is 2.72 bits per heavy atom. The number of nitrogens with zero attached hydrogens (tertiary/aromatic N) is 1. The molecule has 0 N–H and O–H groups in total. The molecule has 96 valence electrons. The second kappa shape index (κ2) is 5.44. The van der Waals surface area contributed by atoms with Crippen LogP contribution in [0.4, 0.5) is 0 Å². The first-order chi connectivity index (χ1) is 8.63. The molecule has 1 aromatic carbocycles. The first-order valence-electron chi connectivity index (χ1n) is 5.77. The van der Waals surface area contributed by atoms with Crippen molar-refractivity contribution in [2.45, 2.75) is 23.8 Å². The maximum Gasteiger partial charge on any atom is 0.328 e. The average molecular weight is 265 g/mol. The summed E-state index contributed by atoms with van der Waals surface area (Å²) < 4.78 is 4.66. The van der Waals surface area contributed by atoms with E-state index in [2.05, 4.69) is 17.4 Å². The minimum absolute atomic E-state index is 0.0573. The highest BCUT2D eigenvalue weighted by atomic mass is 32.1. The maximum atomic E-state index is 12.1. The van der Waals surface area contributed by atoms with Crippen LogP contribution in [0.5, 0.6) is 0 Å². The van der Waals surface area contributed by atoms with E-state index in [0.717, 1.165) is 10.5 Å². The minimum atomic E-state index is -0.408. The fourth-order valence-electron chi connectivity index (χ4n) is 1.99. The molecule has 1 unspecified atom stereocenters. The second-order valence-corrected chi connectivity index (χ2v) is 4.70. The number of carbonyl (C=O) groups excluding carboxylic acids is 2. The molecular weight excluding hydrogens is 250 g/mol. The first kappa shape index (κ1) is 13.0. The number of ether oxygens (including phenoxy) is 1. The predicted octanol–water partition coefficient (Wildman–Crippen LogP) is 1.29. The zero-order chi connectivity index (χ0) is 13.1. The van der Waals surface area contributed by atoms with Crippen molar-refractivity contribution in [2.75, 3.05) is 13.7 Å². The Balaban J connectivity index is 2.01. The third kappa shape index (κ3) is 2.51. The molecule has 5 heteroatoms. The van der Waals surface area contributed by atoms with Gasteiger partial charge in [-0.25, -0.2) is 4.79 Å². The number of methoxy groups -OCH3 is 1. The molecule has 18 heavy (non-hydrogen) atoms. The van der Waals surface area contributed by atoms with Gasteiger partial charge in [0.05, 0.1) is 13.5 Å². The lowest BCUT2D eigenvalue weighted by Gasteiger charge is -2.38. The third-order valence-corrected chi connectivity index (χ3v) is 3.58. The summed E-state index contributed by atoms with van der Waals surface area (Å²) in [5, 5.41) is 0. The van der Waals surface area contributed by atoms with Crippen molar-refractivity contribution in [3.05, 3.63) is 29.8 Å². The lowest BCUT2D eigenvalue weighted by atomic mass is 10.0. The molecule has 1 aliphatic rings. The van der Waals surface area contributed by atoms with Gasteiger partial charge in [0.2, 0.25) is 5.91 Å². The first-order valence-corrected chi connectivity index (χ1v) is 6.22. The van der Waals surface area contributed by atoms with Crippen LogP contribution in [0.1, 0.15) is 12.0 Å². The monoisotopic (exact) mass is 265 g/mol. The molecule has 1 atom stereocenters. The summed E-state index contributed by atoms with van der Waals surface area (Å²) in [6, 6.07) is 7.05. The molecule has 0 bridgehead atoms. The zero-order valence-electron chi connectivity index (χ0n) is 10.1. The van der Waals surface area contributed by atoms with E-state index in [-0.39, 0.29) is 18.3 Å². The van der Waals surface area contributed by atoms with Gasteiger partial charge in [-0.3, -0.25) is 4.79 Å². The Morgan fingerprint density at radius 1 is 1.44 bits per heavy atom. The third-order valence-electron chi connectivity index (χ3n) is 3.15. The lowest BCUT2D eigenvalue weighted by Crippen LogP contribution is -2.56. The second-order valence-electron chi connectivity index (χ2n) is 4.22. The van der Waals surface area contributed by atoms with Gasteiger partial charge >= 0.3 is 5.97 Å². The summed E-state index contributed by atoms with van der Waals surface area (Å²) in [4.78, 5) is 25.8. The average Bonchev–Trinajstić information content (AvgIpc) is 2.30. The summed E-state index contributed by atoms with van der Waals surface area (Å²) >= 11 is 4.31. The minimum Gasteiger partial charge on any atom is -0.467 e. The van der Waals surface area contributed by atoms with Crippen molar-refractivity contribution in [3.8, 4) is 0 Å². The Kier molecular flexibility index (Phi) is 3.91. The van der Waals surface area contributed by atoms with Crippen molar-refractivity contribution in [1.82, 2.24) is 4.90 Å². The Morgan fingerprint density at radius 2 is 2.17 bits per heavy atom. The van der Waals surface area contributed by atoms with Crippen molar-refractivity contribution >= 4 is 24.5 Å². The van der Waals surface area contributed by atoms with Gasteiger partial charge < -0.3 is 9.64 Å². The lowest BCUT2D eigenvalue weighted by molar-refractivity contribution is -0.159. The van der Waals surface area contributed by atoms with Crippen molar-refractivity contribution < 1.29 is 14.3 Å². The largest absolute Gasteiger partial charge is 0.467 e. The molecule has 1 fully saturated rings. The number of carbonyl (C=O) groups is 2. The van der Waals surface area contributed by atoms with Gasteiger partial charge in [-0.15, -0.1) is 12.6 Å². The van der Waals surface area contributed by atoms with Crippen LogP contribution in [0.2, 0.25) is 0 Å².